The van der Waals surface area contributed by atoms with Crippen LogP contribution in [0.4, 0.5) is 5.69 Å². The fourth-order valence-electron chi connectivity index (χ4n) is 3.40. The summed E-state index contributed by atoms with van der Waals surface area (Å²) in [6, 6.07) is 10.4. The van der Waals surface area contributed by atoms with Crippen molar-refractivity contribution in [2.75, 3.05) is 23.7 Å². The summed E-state index contributed by atoms with van der Waals surface area (Å²) in [7, 11) is -3.91. The highest BCUT2D eigenvalue weighted by Gasteiger charge is 2.32. The van der Waals surface area contributed by atoms with Crippen molar-refractivity contribution in [2.45, 2.75) is 39.8 Å². The second-order valence-corrected chi connectivity index (χ2v) is 11.8. The third kappa shape index (κ3) is 8.56. The van der Waals surface area contributed by atoms with Gasteiger partial charge >= 0.3 is 0 Å². The van der Waals surface area contributed by atoms with Crippen LogP contribution in [0.3, 0.4) is 0 Å². The van der Waals surface area contributed by atoms with E-state index in [1.165, 1.54) is 23.1 Å². The maximum Gasteiger partial charge on any atom is 0.244 e. The smallest absolute Gasteiger partial charge is 0.244 e. The van der Waals surface area contributed by atoms with Gasteiger partial charge in [0.05, 0.1) is 17.0 Å². The lowest BCUT2D eigenvalue weighted by Gasteiger charge is -2.33. The summed E-state index contributed by atoms with van der Waals surface area (Å²) in [6.07, 6.45) is 1.31. The maximum atomic E-state index is 13.6. The average Bonchev–Trinajstić information content (AvgIpc) is 2.78. The second kappa shape index (κ2) is 12.8. The Morgan fingerprint density at radius 1 is 1.00 bits per heavy atom. The van der Waals surface area contributed by atoms with Crippen molar-refractivity contribution in [1.82, 2.24) is 10.2 Å². The molecule has 0 saturated carbocycles. The van der Waals surface area contributed by atoms with Crippen LogP contribution in [-0.4, -0.2) is 50.5 Å². The predicted molar refractivity (Wildman–Crippen MR) is 143 cm³/mol. The van der Waals surface area contributed by atoms with E-state index in [0.717, 1.165) is 16.1 Å². The molecular weight excluding hydrogens is 533 g/mol. The molecule has 0 aliphatic heterocycles. The van der Waals surface area contributed by atoms with Crippen LogP contribution < -0.4 is 9.62 Å². The lowest BCUT2D eigenvalue weighted by molar-refractivity contribution is -0.140. The monoisotopic (exact) mass is 561 g/mol. The molecule has 1 atom stereocenters. The Balaban J connectivity index is 2.45. The highest BCUT2D eigenvalue weighted by atomic mass is 35.5. The van der Waals surface area contributed by atoms with Gasteiger partial charge < -0.3 is 10.2 Å². The Bertz CT molecular complexity index is 1140. The Kier molecular flexibility index (Phi) is 10.7. The van der Waals surface area contributed by atoms with Crippen LogP contribution in [-0.2, 0) is 26.2 Å². The molecule has 0 spiro atoms. The largest absolute Gasteiger partial charge is 0.354 e. The van der Waals surface area contributed by atoms with E-state index < -0.39 is 28.5 Å². The molecule has 0 aliphatic rings. The van der Waals surface area contributed by atoms with Crippen molar-refractivity contribution in [2.24, 2.45) is 5.92 Å². The summed E-state index contributed by atoms with van der Waals surface area (Å²) in [5.74, 6) is -0.647. The van der Waals surface area contributed by atoms with Gasteiger partial charge in [0.1, 0.15) is 12.6 Å². The number of halogens is 3. The van der Waals surface area contributed by atoms with E-state index in [-0.39, 0.29) is 34.1 Å². The average molecular weight is 563 g/mol. The number of anilines is 1. The molecule has 0 radical (unpaired) electrons. The third-order valence-corrected chi connectivity index (χ3v) is 7.13. The zero-order valence-corrected chi connectivity index (χ0v) is 23.2. The van der Waals surface area contributed by atoms with Gasteiger partial charge in [-0.05, 0) is 48.2 Å². The molecule has 2 aromatic rings. The van der Waals surface area contributed by atoms with Crippen LogP contribution in [0.15, 0.2) is 42.5 Å². The SMILES string of the molecule is CCC(C(=O)NCC(C)C)N(Cc1ccc(Cl)cc1)C(=O)CN(c1cc(Cl)ccc1Cl)S(C)(=O)=O. The number of carbonyl (C=O) groups excluding carboxylic acids is 2. The van der Waals surface area contributed by atoms with Crippen molar-refractivity contribution < 1.29 is 18.0 Å². The van der Waals surface area contributed by atoms with E-state index in [4.69, 9.17) is 34.8 Å². The Morgan fingerprint density at radius 2 is 1.60 bits per heavy atom. The first kappa shape index (κ1) is 29.2. The minimum absolute atomic E-state index is 0.0822. The van der Waals surface area contributed by atoms with Crippen LogP contribution in [0.25, 0.3) is 0 Å². The van der Waals surface area contributed by atoms with Gasteiger partial charge in [0.2, 0.25) is 21.8 Å². The van der Waals surface area contributed by atoms with Gasteiger partial charge in [-0.25, -0.2) is 8.42 Å². The standard InChI is InChI=1S/C24H30Cl3N3O4S/c1-5-21(24(32)28-13-16(2)3)29(14-17-6-8-18(25)9-7-17)23(31)15-30(35(4,33)34)22-12-19(26)10-11-20(22)27/h6-12,16,21H,5,13-15H2,1-4H3,(H,28,32). The van der Waals surface area contributed by atoms with E-state index in [0.29, 0.717) is 18.0 Å². The fraction of sp³-hybridized carbons (Fsp3) is 0.417. The summed E-state index contributed by atoms with van der Waals surface area (Å²) < 4.78 is 26.2. The number of amides is 2. The van der Waals surface area contributed by atoms with Crippen LogP contribution in [0.2, 0.25) is 15.1 Å². The molecule has 0 saturated heterocycles. The van der Waals surface area contributed by atoms with Crippen LogP contribution in [0.5, 0.6) is 0 Å². The molecule has 2 amide bonds. The summed E-state index contributed by atoms with van der Waals surface area (Å²) in [5, 5.41) is 3.80. The molecule has 1 unspecified atom stereocenters. The van der Waals surface area contributed by atoms with Gasteiger partial charge in [0.15, 0.2) is 0 Å². The van der Waals surface area contributed by atoms with Crippen molar-refractivity contribution in [3.63, 3.8) is 0 Å². The summed E-state index contributed by atoms with van der Waals surface area (Å²) >= 11 is 18.3. The first-order valence-electron chi connectivity index (χ1n) is 11.1. The zero-order chi connectivity index (χ0) is 26.3. The number of hydrogen-bond acceptors (Lipinski definition) is 4. The normalized spacial score (nSPS) is 12.3. The number of nitrogens with one attached hydrogen (secondary N) is 1. The number of hydrogen-bond donors (Lipinski definition) is 1. The summed E-state index contributed by atoms with van der Waals surface area (Å²) in [5.41, 5.74) is 0.823. The van der Waals surface area contributed by atoms with Crippen molar-refractivity contribution in [1.29, 1.82) is 0 Å². The molecular formula is C24H30Cl3N3O4S. The predicted octanol–water partition coefficient (Wildman–Crippen LogP) is 4.99. The van der Waals surface area contributed by atoms with Crippen LogP contribution >= 0.6 is 34.8 Å². The topological polar surface area (TPSA) is 86.8 Å². The van der Waals surface area contributed by atoms with Crippen molar-refractivity contribution >= 4 is 62.3 Å². The quantitative estimate of drug-likeness (QED) is 0.418. The lowest BCUT2D eigenvalue weighted by atomic mass is 10.1. The third-order valence-electron chi connectivity index (χ3n) is 5.19. The van der Waals surface area contributed by atoms with E-state index in [9.17, 15) is 18.0 Å². The van der Waals surface area contributed by atoms with Gasteiger partial charge in [-0.2, -0.15) is 0 Å². The number of sulfonamides is 1. The minimum Gasteiger partial charge on any atom is -0.354 e. The lowest BCUT2D eigenvalue weighted by Crippen LogP contribution is -2.52. The highest BCUT2D eigenvalue weighted by molar-refractivity contribution is 7.92. The summed E-state index contributed by atoms with van der Waals surface area (Å²) in [4.78, 5) is 28.0. The molecule has 1 N–H and O–H groups in total. The van der Waals surface area contributed by atoms with Gasteiger partial charge in [-0.1, -0.05) is 67.7 Å². The zero-order valence-electron chi connectivity index (χ0n) is 20.1. The Hall–Kier alpha value is -2.00. The van der Waals surface area contributed by atoms with Crippen molar-refractivity contribution in [3.05, 3.63) is 63.1 Å². The first-order chi connectivity index (χ1) is 16.3. The molecule has 11 heteroatoms. The summed E-state index contributed by atoms with van der Waals surface area (Å²) in [6.45, 7) is 5.72. The number of rotatable bonds is 11. The van der Waals surface area contributed by atoms with E-state index in [1.807, 2.05) is 13.8 Å². The van der Waals surface area contributed by atoms with Gasteiger partial charge in [-0.3, -0.25) is 13.9 Å². The number of carbonyl (C=O) groups is 2. The molecule has 0 aromatic heterocycles. The molecule has 192 valence electrons. The molecule has 2 rings (SSSR count). The van der Waals surface area contributed by atoms with E-state index in [2.05, 4.69) is 5.32 Å². The number of nitrogens with zero attached hydrogens (tertiary/aromatic N) is 2. The first-order valence-corrected chi connectivity index (χ1v) is 14.1. The Labute approximate surface area is 222 Å². The molecule has 0 fully saturated rings. The second-order valence-electron chi connectivity index (χ2n) is 8.58. The van der Waals surface area contributed by atoms with Gasteiger partial charge in [-0.15, -0.1) is 0 Å². The molecule has 0 aliphatic carbocycles. The van der Waals surface area contributed by atoms with Gasteiger partial charge in [0.25, 0.3) is 0 Å². The number of benzene rings is 2. The van der Waals surface area contributed by atoms with Crippen LogP contribution in [0.1, 0.15) is 32.8 Å². The highest BCUT2D eigenvalue weighted by Crippen LogP contribution is 2.31. The minimum atomic E-state index is -3.91. The fourth-order valence-corrected chi connectivity index (χ4v) is 4.82. The Morgan fingerprint density at radius 3 is 2.14 bits per heavy atom. The van der Waals surface area contributed by atoms with Gasteiger partial charge in [0, 0.05) is 23.1 Å². The maximum absolute atomic E-state index is 13.6. The van der Waals surface area contributed by atoms with E-state index >= 15 is 0 Å². The molecule has 7 nitrogen and oxygen atoms in total. The van der Waals surface area contributed by atoms with Crippen molar-refractivity contribution in [3.8, 4) is 0 Å². The molecule has 2 aromatic carbocycles. The van der Waals surface area contributed by atoms with E-state index in [1.54, 1.807) is 31.2 Å². The molecule has 0 bridgehead atoms. The molecule has 0 heterocycles. The van der Waals surface area contributed by atoms with Crippen LogP contribution in [0, 0.1) is 5.92 Å². The molecule has 35 heavy (non-hydrogen) atoms.